The van der Waals surface area contributed by atoms with E-state index < -0.39 is 0 Å². The van der Waals surface area contributed by atoms with E-state index in [-0.39, 0.29) is 6.10 Å². The third-order valence-corrected chi connectivity index (χ3v) is 7.52. The van der Waals surface area contributed by atoms with Crippen molar-refractivity contribution in [1.29, 1.82) is 0 Å². The highest BCUT2D eigenvalue weighted by atomic mass is 35.5. The smallest absolute Gasteiger partial charge is 0.119 e. The summed E-state index contributed by atoms with van der Waals surface area (Å²) in [5.74, 6) is 1.40. The van der Waals surface area contributed by atoms with Gasteiger partial charge >= 0.3 is 0 Å². The topological polar surface area (TPSA) is 43.3 Å². The minimum absolute atomic E-state index is 0.282. The monoisotopic (exact) mass is 548 g/mol. The Morgan fingerprint density at radius 1 is 0.974 bits per heavy atom. The number of likely N-dealkylation sites (tertiary alicyclic amines) is 1. The average molecular weight is 549 g/mol. The van der Waals surface area contributed by atoms with Gasteiger partial charge in [0.1, 0.15) is 18.6 Å². The number of hydrogen-bond donors (Lipinski definition) is 0. The van der Waals surface area contributed by atoms with E-state index in [1.165, 1.54) is 18.4 Å². The fourth-order valence-corrected chi connectivity index (χ4v) is 5.12. The SMILES string of the molecule is CCCC[C@@H](CN1CCC(COc2cccc(/C(=N/OC)c3ccc(Cl)cc3)c2)CC1)OCc1ccccc1. The molecule has 0 bridgehead atoms. The van der Waals surface area contributed by atoms with Gasteiger partial charge in [0.05, 0.1) is 19.3 Å². The van der Waals surface area contributed by atoms with Gasteiger partial charge in [-0.05, 0) is 68.1 Å². The molecule has 0 aliphatic carbocycles. The Kier molecular flexibility index (Phi) is 11.7. The Balaban J connectivity index is 1.26. The van der Waals surface area contributed by atoms with E-state index in [4.69, 9.17) is 25.9 Å². The van der Waals surface area contributed by atoms with Crippen LogP contribution in [-0.4, -0.2) is 50.1 Å². The summed E-state index contributed by atoms with van der Waals surface area (Å²) in [4.78, 5) is 7.71. The second-order valence-corrected chi connectivity index (χ2v) is 10.7. The van der Waals surface area contributed by atoms with Crippen LogP contribution in [0.5, 0.6) is 5.75 Å². The number of halogens is 1. The molecule has 0 aromatic heterocycles. The van der Waals surface area contributed by atoms with Gasteiger partial charge in [0.15, 0.2) is 0 Å². The first-order chi connectivity index (χ1) is 19.1. The lowest BCUT2D eigenvalue weighted by Crippen LogP contribution is -2.40. The van der Waals surface area contributed by atoms with Gasteiger partial charge in [-0.2, -0.15) is 0 Å². The van der Waals surface area contributed by atoms with Gasteiger partial charge in [0.25, 0.3) is 0 Å². The van der Waals surface area contributed by atoms with Crippen molar-refractivity contribution in [3.8, 4) is 5.75 Å². The van der Waals surface area contributed by atoms with Crippen molar-refractivity contribution in [2.24, 2.45) is 11.1 Å². The van der Waals surface area contributed by atoms with Gasteiger partial charge in [-0.1, -0.05) is 91.1 Å². The molecule has 6 heteroatoms. The summed E-state index contributed by atoms with van der Waals surface area (Å²) in [6.07, 6.45) is 6.08. The average Bonchev–Trinajstić information content (AvgIpc) is 2.98. The van der Waals surface area contributed by atoms with Crippen molar-refractivity contribution >= 4 is 17.3 Å². The van der Waals surface area contributed by atoms with Gasteiger partial charge in [-0.25, -0.2) is 0 Å². The summed E-state index contributed by atoms with van der Waals surface area (Å²) in [7, 11) is 1.56. The summed E-state index contributed by atoms with van der Waals surface area (Å²) >= 11 is 6.07. The number of oxime groups is 1. The fraction of sp³-hybridized carbons (Fsp3) is 0.424. The van der Waals surface area contributed by atoms with Crippen molar-refractivity contribution in [3.05, 3.63) is 101 Å². The molecule has 1 fully saturated rings. The van der Waals surface area contributed by atoms with Crippen LogP contribution in [0.25, 0.3) is 0 Å². The Labute approximate surface area is 238 Å². The third kappa shape index (κ3) is 9.38. The first kappa shape index (κ1) is 29.1. The maximum Gasteiger partial charge on any atom is 0.119 e. The van der Waals surface area contributed by atoms with E-state index in [2.05, 4.69) is 47.3 Å². The molecule has 1 saturated heterocycles. The van der Waals surface area contributed by atoms with Crippen molar-refractivity contribution in [2.75, 3.05) is 33.4 Å². The molecular formula is C33H41ClN2O3. The molecule has 208 valence electrons. The van der Waals surface area contributed by atoms with Crippen LogP contribution in [-0.2, 0) is 16.2 Å². The number of piperidine rings is 1. The van der Waals surface area contributed by atoms with Crippen LogP contribution in [0.2, 0.25) is 5.02 Å². The zero-order valence-electron chi connectivity index (χ0n) is 23.2. The number of rotatable bonds is 14. The molecule has 1 aliphatic heterocycles. The fourth-order valence-electron chi connectivity index (χ4n) is 4.99. The molecule has 3 aromatic carbocycles. The van der Waals surface area contributed by atoms with E-state index in [1.54, 1.807) is 7.11 Å². The summed E-state index contributed by atoms with van der Waals surface area (Å²) in [5.41, 5.74) is 3.88. The number of hydrogen-bond acceptors (Lipinski definition) is 5. The molecule has 0 saturated carbocycles. The number of unbranched alkanes of at least 4 members (excludes halogenated alkanes) is 1. The lowest BCUT2D eigenvalue weighted by Gasteiger charge is -2.34. The van der Waals surface area contributed by atoms with E-state index >= 15 is 0 Å². The molecule has 5 nitrogen and oxygen atoms in total. The van der Waals surface area contributed by atoms with E-state index in [0.29, 0.717) is 17.5 Å². The molecule has 4 rings (SSSR count). The first-order valence-electron chi connectivity index (χ1n) is 14.1. The van der Waals surface area contributed by atoms with E-state index in [1.807, 2.05) is 48.5 Å². The van der Waals surface area contributed by atoms with Crippen LogP contribution < -0.4 is 4.74 Å². The van der Waals surface area contributed by atoms with E-state index in [9.17, 15) is 0 Å². The number of nitrogens with zero attached hydrogens (tertiary/aromatic N) is 2. The van der Waals surface area contributed by atoms with Gasteiger partial charge < -0.3 is 19.2 Å². The normalized spacial score (nSPS) is 15.7. The molecular weight excluding hydrogens is 508 g/mol. The molecule has 1 heterocycles. The van der Waals surface area contributed by atoms with Crippen molar-refractivity contribution < 1.29 is 14.3 Å². The standard InChI is InChI=1S/C33H41ClN2O3/c1-3-4-12-32(39-24-26-9-6-5-7-10-26)23-36-20-18-27(19-21-36)25-38-31-13-8-11-29(22-31)33(35-37-2)28-14-16-30(34)17-15-28/h5-11,13-17,22,27,32H,3-4,12,18-21,23-25H2,1-2H3/b35-33+/t32-/m0/s1. The highest BCUT2D eigenvalue weighted by Gasteiger charge is 2.23. The van der Waals surface area contributed by atoms with E-state index in [0.717, 1.165) is 68.1 Å². The summed E-state index contributed by atoms with van der Waals surface area (Å²) < 4.78 is 12.6. The maximum absolute atomic E-state index is 6.36. The van der Waals surface area contributed by atoms with Gasteiger partial charge in [0, 0.05) is 22.7 Å². The number of benzene rings is 3. The Morgan fingerprint density at radius 2 is 1.74 bits per heavy atom. The number of ether oxygens (including phenoxy) is 2. The lowest BCUT2D eigenvalue weighted by atomic mass is 9.97. The Bertz CT molecular complexity index is 1150. The highest BCUT2D eigenvalue weighted by Crippen LogP contribution is 2.23. The third-order valence-electron chi connectivity index (χ3n) is 7.27. The minimum Gasteiger partial charge on any atom is -0.493 e. The molecule has 39 heavy (non-hydrogen) atoms. The molecule has 3 aromatic rings. The molecule has 0 amide bonds. The van der Waals surface area contributed by atoms with Gasteiger partial charge in [-0.15, -0.1) is 0 Å². The highest BCUT2D eigenvalue weighted by molar-refractivity contribution is 6.30. The Morgan fingerprint density at radius 3 is 2.46 bits per heavy atom. The van der Waals surface area contributed by atoms with Crippen LogP contribution in [0.15, 0.2) is 84.0 Å². The quantitative estimate of drug-likeness (QED) is 0.154. The molecule has 0 spiro atoms. The van der Waals surface area contributed by atoms with Crippen molar-refractivity contribution in [3.63, 3.8) is 0 Å². The van der Waals surface area contributed by atoms with Crippen molar-refractivity contribution in [2.45, 2.75) is 51.7 Å². The van der Waals surface area contributed by atoms with Crippen LogP contribution in [0, 0.1) is 5.92 Å². The lowest BCUT2D eigenvalue weighted by molar-refractivity contribution is 0.000707. The molecule has 1 atom stereocenters. The molecule has 0 N–H and O–H groups in total. The van der Waals surface area contributed by atoms with Gasteiger partial charge in [0.2, 0.25) is 0 Å². The molecule has 1 aliphatic rings. The van der Waals surface area contributed by atoms with Crippen molar-refractivity contribution in [1.82, 2.24) is 4.90 Å². The van der Waals surface area contributed by atoms with Gasteiger partial charge in [-0.3, -0.25) is 0 Å². The van der Waals surface area contributed by atoms with Crippen LogP contribution in [0.3, 0.4) is 0 Å². The zero-order valence-corrected chi connectivity index (χ0v) is 24.0. The largest absolute Gasteiger partial charge is 0.493 e. The Hall–Kier alpha value is -2.86. The molecule has 0 radical (unpaired) electrons. The summed E-state index contributed by atoms with van der Waals surface area (Å²) in [6.45, 7) is 6.85. The zero-order chi connectivity index (χ0) is 27.3. The predicted octanol–water partition coefficient (Wildman–Crippen LogP) is 7.61. The minimum atomic E-state index is 0.282. The summed E-state index contributed by atoms with van der Waals surface area (Å²) in [6, 6.07) is 26.2. The first-order valence-corrected chi connectivity index (χ1v) is 14.5. The van der Waals surface area contributed by atoms with Crippen LogP contribution in [0.1, 0.15) is 55.7 Å². The summed E-state index contributed by atoms with van der Waals surface area (Å²) in [5, 5.41) is 4.96. The predicted molar refractivity (Wildman–Crippen MR) is 160 cm³/mol. The van der Waals surface area contributed by atoms with Crippen LogP contribution >= 0.6 is 11.6 Å². The maximum atomic E-state index is 6.36. The second kappa shape index (κ2) is 15.7. The second-order valence-electron chi connectivity index (χ2n) is 10.3. The molecule has 0 unspecified atom stereocenters. The van der Waals surface area contributed by atoms with Crippen LogP contribution in [0.4, 0.5) is 0 Å².